The number of nitrogens with one attached hydrogen (secondary N) is 1. The maximum atomic E-state index is 13.5. The van der Waals surface area contributed by atoms with Crippen molar-refractivity contribution >= 4 is 11.6 Å². The third kappa shape index (κ3) is 3.07. The Bertz CT molecular complexity index is 967. The predicted octanol–water partition coefficient (Wildman–Crippen LogP) is 4.47. The number of rotatable bonds is 3. The SMILES string of the molecule is N#CC1(c2ccccc2)CCC2(CC1)Nc1ccccc1C(=O)N2C[C@@H]1CCCO1. The number of fused-ring (bicyclic) bond motifs is 1. The second-order valence-corrected chi connectivity index (χ2v) is 8.81. The van der Waals surface area contributed by atoms with Crippen LogP contribution in [-0.4, -0.2) is 35.7 Å². The molecule has 1 saturated heterocycles. The van der Waals surface area contributed by atoms with Gasteiger partial charge in [0.15, 0.2) is 0 Å². The summed E-state index contributed by atoms with van der Waals surface area (Å²) >= 11 is 0. The van der Waals surface area contributed by atoms with Gasteiger partial charge in [-0.1, -0.05) is 42.5 Å². The van der Waals surface area contributed by atoms with E-state index in [9.17, 15) is 10.1 Å². The van der Waals surface area contributed by atoms with Crippen LogP contribution in [0.2, 0.25) is 0 Å². The van der Waals surface area contributed by atoms with Crippen molar-refractivity contribution in [2.45, 2.75) is 55.7 Å². The average molecular weight is 402 g/mol. The summed E-state index contributed by atoms with van der Waals surface area (Å²) in [4.78, 5) is 15.6. The lowest BCUT2D eigenvalue weighted by atomic mass is 9.66. The van der Waals surface area contributed by atoms with E-state index >= 15 is 0 Å². The molecule has 0 bridgehead atoms. The van der Waals surface area contributed by atoms with E-state index in [0.29, 0.717) is 6.54 Å². The van der Waals surface area contributed by atoms with Gasteiger partial charge >= 0.3 is 0 Å². The van der Waals surface area contributed by atoms with Crippen LogP contribution in [0.1, 0.15) is 54.4 Å². The number of amides is 1. The largest absolute Gasteiger partial charge is 0.376 e. The van der Waals surface area contributed by atoms with E-state index in [1.165, 1.54) is 0 Å². The van der Waals surface area contributed by atoms with E-state index in [1.807, 2.05) is 47.4 Å². The second-order valence-electron chi connectivity index (χ2n) is 8.81. The topological polar surface area (TPSA) is 65.4 Å². The van der Waals surface area contributed by atoms with Crippen LogP contribution in [0.25, 0.3) is 0 Å². The third-order valence-electron chi connectivity index (χ3n) is 7.17. The van der Waals surface area contributed by atoms with E-state index in [2.05, 4.69) is 23.5 Å². The Balaban J connectivity index is 1.48. The molecule has 1 saturated carbocycles. The Hall–Kier alpha value is -2.84. The fraction of sp³-hybridized carbons (Fsp3) is 0.440. The van der Waals surface area contributed by atoms with E-state index in [-0.39, 0.29) is 12.0 Å². The summed E-state index contributed by atoms with van der Waals surface area (Å²) in [6, 6.07) is 20.5. The van der Waals surface area contributed by atoms with Crippen molar-refractivity contribution in [2.24, 2.45) is 0 Å². The van der Waals surface area contributed by atoms with Crippen molar-refractivity contribution in [1.29, 1.82) is 5.26 Å². The van der Waals surface area contributed by atoms with Gasteiger partial charge in [0.2, 0.25) is 0 Å². The Morgan fingerprint density at radius 1 is 1.07 bits per heavy atom. The lowest BCUT2D eigenvalue weighted by Crippen LogP contribution is -2.63. The maximum Gasteiger partial charge on any atom is 0.257 e. The normalized spacial score (nSPS) is 30.6. The van der Waals surface area contributed by atoms with Crippen LogP contribution in [0.15, 0.2) is 54.6 Å². The first-order chi connectivity index (χ1) is 14.7. The van der Waals surface area contributed by atoms with Crippen molar-refractivity contribution in [3.05, 3.63) is 65.7 Å². The molecule has 0 aromatic heterocycles. The van der Waals surface area contributed by atoms with Crippen LogP contribution in [-0.2, 0) is 10.2 Å². The minimum absolute atomic E-state index is 0.0732. The van der Waals surface area contributed by atoms with E-state index in [1.54, 1.807) is 0 Å². The zero-order chi connectivity index (χ0) is 20.6. The van der Waals surface area contributed by atoms with Gasteiger partial charge in [0, 0.05) is 18.8 Å². The second kappa shape index (κ2) is 7.45. The van der Waals surface area contributed by atoms with Crippen molar-refractivity contribution in [3.63, 3.8) is 0 Å². The highest BCUT2D eigenvalue weighted by Crippen LogP contribution is 2.48. The first kappa shape index (κ1) is 19.1. The number of benzene rings is 2. The molecular formula is C25H27N3O2. The number of nitrogens with zero attached hydrogens (tertiary/aromatic N) is 2. The molecule has 1 aliphatic carbocycles. The lowest BCUT2D eigenvalue weighted by molar-refractivity contribution is 0.00616. The van der Waals surface area contributed by atoms with Crippen LogP contribution in [0, 0.1) is 11.3 Å². The molecule has 0 radical (unpaired) electrons. The average Bonchev–Trinajstić information content (AvgIpc) is 3.32. The number of carbonyl (C=O) groups is 1. The molecule has 5 nitrogen and oxygen atoms in total. The quantitative estimate of drug-likeness (QED) is 0.824. The Morgan fingerprint density at radius 2 is 1.80 bits per heavy atom. The van der Waals surface area contributed by atoms with E-state index in [0.717, 1.165) is 61.9 Å². The monoisotopic (exact) mass is 401 g/mol. The summed E-state index contributed by atoms with van der Waals surface area (Å²) in [5.41, 5.74) is 1.74. The number of nitriles is 1. The summed E-state index contributed by atoms with van der Waals surface area (Å²) in [6.07, 6.45) is 5.05. The fourth-order valence-corrected chi connectivity index (χ4v) is 5.39. The van der Waals surface area contributed by atoms with Gasteiger partial charge in [-0.2, -0.15) is 5.26 Å². The highest BCUT2D eigenvalue weighted by Gasteiger charge is 2.51. The van der Waals surface area contributed by atoms with Crippen molar-refractivity contribution in [1.82, 2.24) is 4.90 Å². The zero-order valence-electron chi connectivity index (χ0n) is 17.1. The summed E-state index contributed by atoms with van der Waals surface area (Å²) in [5, 5.41) is 13.8. The van der Waals surface area contributed by atoms with Gasteiger partial charge in [-0.05, 0) is 56.2 Å². The van der Waals surface area contributed by atoms with Crippen molar-refractivity contribution in [2.75, 3.05) is 18.5 Å². The van der Waals surface area contributed by atoms with Crippen LogP contribution in [0.4, 0.5) is 5.69 Å². The Labute approximate surface area is 177 Å². The highest BCUT2D eigenvalue weighted by molar-refractivity contribution is 6.02. The summed E-state index contributed by atoms with van der Waals surface area (Å²) in [7, 11) is 0. The molecule has 1 spiro atoms. The smallest absolute Gasteiger partial charge is 0.257 e. The highest BCUT2D eigenvalue weighted by atomic mass is 16.5. The lowest BCUT2D eigenvalue weighted by Gasteiger charge is -2.53. The van der Waals surface area contributed by atoms with Gasteiger partial charge in [0.1, 0.15) is 5.66 Å². The van der Waals surface area contributed by atoms with Crippen LogP contribution in [0.5, 0.6) is 0 Å². The molecule has 0 unspecified atom stereocenters. The number of carbonyl (C=O) groups excluding carboxylic acids is 1. The molecule has 5 heteroatoms. The molecule has 1 amide bonds. The maximum absolute atomic E-state index is 13.5. The number of ether oxygens (including phenoxy) is 1. The van der Waals surface area contributed by atoms with Crippen LogP contribution >= 0.6 is 0 Å². The van der Waals surface area contributed by atoms with Gasteiger partial charge in [0.05, 0.1) is 23.2 Å². The molecule has 1 atom stereocenters. The molecular weight excluding hydrogens is 374 g/mol. The Kier molecular flexibility index (Phi) is 4.75. The van der Waals surface area contributed by atoms with Crippen molar-refractivity contribution in [3.8, 4) is 6.07 Å². The summed E-state index contributed by atoms with van der Waals surface area (Å²) in [5.74, 6) is 0.0732. The molecule has 2 aromatic rings. The first-order valence-corrected chi connectivity index (χ1v) is 10.9. The summed E-state index contributed by atoms with van der Waals surface area (Å²) in [6.45, 7) is 1.38. The van der Waals surface area contributed by atoms with Gasteiger partial charge in [-0.15, -0.1) is 0 Å². The molecule has 30 heavy (non-hydrogen) atoms. The van der Waals surface area contributed by atoms with Gasteiger partial charge < -0.3 is 15.0 Å². The summed E-state index contributed by atoms with van der Waals surface area (Å²) < 4.78 is 5.88. The Morgan fingerprint density at radius 3 is 2.50 bits per heavy atom. The minimum Gasteiger partial charge on any atom is -0.376 e. The minimum atomic E-state index is -0.496. The molecule has 2 fully saturated rings. The van der Waals surface area contributed by atoms with E-state index in [4.69, 9.17) is 4.74 Å². The molecule has 2 heterocycles. The van der Waals surface area contributed by atoms with Crippen LogP contribution < -0.4 is 5.32 Å². The standard InChI is InChI=1S/C25H27N3O2/c26-18-24(19-7-2-1-3-8-19)12-14-25(15-13-24)27-22-11-5-4-10-21(22)23(29)28(25)17-20-9-6-16-30-20/h1-5,7-8,10-11,20,27H,6,9,12-17H2/t20-,24?,25?/m0/s1. The third-order valence-corrected chi connectivity index (χ3v) is 7.17. The zero-order valence-corrected chi connectivity index (χ0v) is 17.1. The van der Waals surface area contributed by atoms with Gasteiger partial charge in [-0.3, -0.25) is 4.79 Å². The van der Waals surface area contributed by atoms with E-state index < -0.39 is 11.1 Å². The number of anilines is 1. The molecule has 3 aliphatic rings. The molecule has 154 valence electrons. The number of para-hydroxylation sites is 1. The molecule has 2 aliphatic heterocycles. The van der Waals surface area contributed by atoms with Crippen molar-refractivity contribution < 1.29 is 9.53 Å². The predicted molar refractivity (Wildman–Crippen MR) is 115 cm³/mol. The number of hydrogen-bond acceptors (Lipinski definition) is 4. The fourth-order valence-electron chi connectivity index (χ4n) is 5.39. The van der Waals surface area contributed by atoms with Gasteiger partial charge in [0.25, 0.3) is 5.91 Å². The van der Waals surface area contributed by atoms with Crippen LogP contribution in [0.3, 0.4) is 0 Å². The molecule has 1 N–H and O–H groups in total. The molecule has 2 aromatic carbocycles. The molecule has 5 rings (SSSR count). The van der Waals surface area contributed by atoms with Gasteiger partial charge in [-0.25, -0.2) is 0 Å². The number of hydrogen-bond donors (Lipinski definition) is 1. The first-order valence-electron chi connectivity index (χ1n) is 10.9.